The van der Waals surface area contributed by atoms with Crippen molar-refractivity contribution in [3.05, 3.63) is 0 Å². The van der Waals surface area contributed by atoms with E-state index in [2.05, 4.69) is 0 Å². The van der Waals surface area contributed by atoms with E-state index >= 15 is 0 Å². The fourth-order valence-corrected chi connectivity index (χ4v) is 3.24. The highest BCUT2D eigenvalue weighted by molar-refractivity contribution is 7.53. The maximum Gasteiger partial charge on any atom is 0.368 e. The summed E-state index contributed by atoms with van der Waals surface area (Å²) >= 11 is 0. The second kappa shape index (κ2) is 12.8. The average Bonchev–Trinajstić information content (AvgIpc) is 2.58. The molecule has 0 heterocycles. The molecule has 0 fully saturated rings. The number of carbonyl (C=O) groups excluding carboxylic acids is 2. The smallest absolute Gasteiger partial charge is 0.368 e. The van der Waals surface area contributed by atoms with Crippen molar-refractivity contribution in [3.63, 3.8) is 0 Å². The molecule has 0 aliphatic carbocycles. The molecule has 0 saturated heterocycles. The Labute approximate surface area is 180 Å². The lowest BCUT2D eigenvalue weighted by Gasteiger charge is -2.37. The molecule has 0 spiro atoms. The van der Waals surface area contributed by atoms with E-state index in [1.165, 1.54) is 0 Å². The van der Waals surface area contributed by atoms with Crippen LogP contribution in [0.15, 0.2) is 0 Å². The lowest BCUT2D eigenvalue weighted by Crippen LogP contribution is -2.59. The van der Waals surface area contributed by atoms with Gasteiger partial charge in [0.2, 0.25) is 5.66 Å². The summed E-state index contributed by atoms with van der Waals surface area (Å²) in [6.45, 7) is 14.0. The zero-order valence-corrected chi connectivity index (χ0v) is 20.3. The minimum Gasteiger partial charge on any atom is -0.465 e. The van der Waals surface area contributed by atoms with Crippen molar-refractivity contribution in [3.8, 4) is 0 Å². The molecule has 0 bridgehead atoms. The maximum absolute atomic E-state index is 13.1. The molecule has 0 amide bonds. The van der Waals surface area contributed by atoms with E-state index < -0.39 is 31.0 Å². The number of rotatable bonds is 14. The van der Waals surface area contributed by atoms with E-state index in [0.29, 0.717) is 0 Å². The number of ether oxygens (including phenoxy) is 4. The fourth-order valence-electron chi connectivity index (χ4n) is 2.19. The molecule has 0 radical (unpaired) electrons. The van der Waals surface area contributed by atoms with Gasteiger partial charge in [0.25, 0.3) is 5.79 Å². The van der Waals surface area contributed by atoms with Crippen molar-refractivity contribution in [1.82, 2.24) is 0 Å². The Hall–Kier alpha value is -0.990. The van der Waals surface area contributed by atoms with Crippen molar-refractivity contribution in [2.75, 3.05) is 26.4 Å². The lowest BCUT2D eigenvalue weighted by atomic mass is 10.1. The van der Waals surface area contributed by atoms with Gasteiger partial charge in [-0.2, -0.15) is 0 Å². The Bertz CT molecular complexity index is 569. The number of hydrogen-bond donors (Lipinski definition) is 2. The third-order valence-electron chi connectivity index (χ3n) is 3.57. The molecular weight excluding hydrogens is 415 g/mol. The van der Waals surface area contributed by atoms with Crippen LogP contribution in [-0.4, -0.2) is 59.6 Å². The first-order valence-corrected chi connectivity index (χ1v) is 12.0. The molecule has 0 rings (SSSR count). The van der Waals surface area contributed by atoms with Crippen LogP contribution < -0.4 is 0 Å². The standard InChI is InChI=1S/C20H39O9P/c1-13(2)9-26-18(21)17(30(23,24)25)20(28-11-15(5)6,29-12-16(7)8)19(22)27-10-14(3)4/h13-17H,9-12H2,1-8H3,(H2,23,24,25). The molecule has 0 aromatic carbocycles. The summed E-state index contributed by atoms with van der Waals surface area (Å²) in [4.78, 5) is 46.0. The van der Waals surface area contributed by atoms with Gasteiger partial charge in [-0.1, -0.05) is 55.4 Å². The predicted octanol–water partition coefficient (Wildman–Crippen LogP) is 2.97. The first kappa shape index (κ1) is 29.0. The van der Waals surface area contributed by atoms with Crippen molar-refractivity contribution in [2.45, 2.75) is 66.8 Å². The fraction of sp³-hybridized carbons (Fsp3) is 0.900. The van der Waals surface area contributed by atoms with E-state index in [0.717, 1.165) is 0 Å². The largest absolute Gasteiger partial charge is 0.465 e. The summed E-state index contributed by atoms with van der Waals surface area (Å²) in [5, 5.41) is 0. The lowest BCUT2D eigenvalue weighted by molar-refractivity contribution is -0.257. The van der Waals surface area contributed by atoms with Gasteiger partial charge in [-0.3, -0.25) is 9.36 Å². The topological polar surface area (TPSA) is 129 Å². The monoisotopic (exact) mass is 454 g/mol. The molecule has 1 unspecified atom stereocenters. The molecular formula is C20H39O9P. The Morgan fingerprint density at radius 3 is 1.43 bits per heavy atom. The molecule has 0 aliphatic heterocycles. The zero-order chi connectivity index (χ0) is 23.7. The van der Waals surface area contributed by atoms with E-state index in [1.54, 1.807) is 55.4 Å². The Kier molecular flexibility index (Phi) is 12.3. The van der Waals surface area contributed by atoms with E-state index in [-0.39, 0.29) is 50.1 Å². The number of hydrogen-bond acceptors (Lipinski definition) is 7. The predicted molar refractivity (Wildman–Crippen MR) is 112 cm³/mol. The van der Waals surface area contributed by atoms with Crippen LogP contribution in [0.2, 0.25) is 0 Å². The molecule has 1 atom stereocenters. The molecule has 30 heavy (non-hydrogen) atoms. The van der Waals surface area contributed by atoms with Crippen LogP contribution in [0.25, 0.3) is 0 Å². The van der Waals surface area contributed by atoms with Gasteiger partial charge in [0.05, 0.1) is 26.4 Å². The van der Waals surface area contributed by atoms with Crippen LogP contribution in [0.4, 0.5) is 0 Å². The van der Waals surface area contributed by atoms with Crippen LogP contribution in [0, 0.1) is 23.7 Å². The molecule has 0 aliphatic rings. The molecule has 0 saturated carbocycles. The third kappa shape index (κ3) is 9.88. The normalized spacial score (nSPS) is 13.9. The summed E-state index contributed by atoms with van der Waals surface area (Å²) in [5.74, 6) is -5.43. The van der Waals surface area contributed by atoms with Crippen molar-refractivity contribution in [2.24, 2.45) is 23.7 Å². The second-order valence-corrected chi connectivity index (χ2v) is 10.8. The molecule has 0 aromatic rings. The molecule has 178 valence electrons. The number of esters is 2. The van der Waals surface area contributed by atoms with E-state index in [1.807, 2.05) is 0 Å². The summed E-state index contributed by atoms with van der Waals surface area (Å²) in [5.41, 5.74) is -2.32. The highest BCUT2D eigenvalue weighted by Gasteiger charge is 2.62. The highest BCUT2D eigenvalue weighted by atomic mass is 31.2. The van der Waals surface area contributed by atoms with Crippen LogP contribution in [0.3, 0.4) is 0 Å². The van der Waals surface area contributed by atoms with Crippen LogP contribution in [-0.2, 0) is 33.1 Å². The van der Waals surface area contributed by atoms with Crippen LogP contribution in [0.1, 0.15) is 55.4 Å². The van der Waals surface area contributed by atoms with Gasteiger partial charge in [0.15, 0.2) is 0 Å². The van der Waals surface area contributed by atoms with Gasteiger partial charge in [0, 0.05) is 0 Å². The molecule has 9 nitrogen and oxygen atoms in total. The van der Waals surface area contributed by atoms with Crippen molar-refractivity contribution in [1.29, 1.82) is 0 Å². The first-order chi connectivity index (χ1) is 13.6. The van der Waals surface area contributed by atoms with Gasteiger partial charge >= 0.3 is 19.5 Å². The second-order valence-electron chi connectivity index (χ2n) is 9.09. The number of carbonyl (C=O) groups is 2. The molecule has 2 N–H and O–H groups in total. The minimum absolute atomic E-state index is 0.0361. The van der Waals surface area contributed by atoms with Gasteiger partial charge in [-0.05, 0) is 23.7 Å². The van der Waals surface area contributed by atoms with E-state index in [4.69, 9.17) is 18.9 Å². The van der Waals surface area contributed by atoms with Crippen molar-refractivity contribution >= 4 is 19.5 Å². The Balaban J connectivity index is 6.39. The van der Waals surface area contributed by atoms with Crippen molar-refractivity contribution < 1.29 is 42.9 Å². The first-order valence-electron chi connectivity index (χ1n) is 10.3. The highest BCUT2D eigenvalue weighted by Crippen LogP contribution is 2.49. The third-order valence-corrected chi connectivity index (χ3v) is 4.80. The molecule has 0 aromatic heterocycles. The van der Waals surface area contributed by atoms with Gasteiger partial charge < -0.3 is 28.7 Å². The van der Waals surface area contributed by atoms with Gasteiger partial charge in [-0.25, -0.2) is 4.79 Å². The quantitative estimate of drug-likeness (QED) is 0.231. The van der Waals surface area contributed by atoms with Gasteiger partial charge in [0.1, 0.15) is 0 Å². The average molecular weight is 454 g/mol. The summed E-state index contributed by atoms with van der Waals surface area (Å²) in [7, 11) is -5.26. The van der Waals surface area contributed by atoms with E-state index in [9.17, 15) is 23.9 Å². The Morgan fingerprint density at radius 1 is 0.733 bits per heavy atom. The summed E-state index contributed by atoms with van der Waals surface area (Å²) < 4.78 is 34.1. The molecule has 10 heteroatoms. The SMILES string of the molecule is CC(C)COC(=O)C(C(OCC(C)C)(OCC(C)C)C(=O)OCC(C)C)P(=O)(O)O. The van der Waals surface area contributed by atoms with Crippen LogP contribution in [0.5, 0.6) is 0 Å². The zero-order valence-electron chi connectivity index (χ0n) is 19.4. The Morgan fingerprint density at radius 2 is 1.10 bits per heavy atom. The maximum atomic E-state index is 13.1. The van der Waals surface area contributed by atoms with Gasteiger partial charge in [-0.15, -0.1) is 0 Å². The summed E-state index contributed by atoms with van der Waals surface area (Å²) in [6, 6.07) is 0. The van der Waals surface area contributed by atoms with Crippen LogP contribution >= 0.6 is 7.60 Å². The minimum atomic E-state index is -5.26. The summed E-state index contributed by atoms with van der Waals surface area (Å²) in [6.07, 6.45) is 0.